The van der Waals surface area contributed by atoms with Gasteiger partial charge < -0.3 is 14.6 Å². The van der Waals surface area contributed by atoms with Crippen molar-refractivity contribution in [3.05, 3.63) is 35.9 Å². The molecule has 0 bridgehead atoms. The lowest BCUT2D eigenvalue weighted by atomic mass is 10.2. The van der Waals surface area contributed by atoms with Crippen molar-refractivity contribution < 1.29 is 14.6 Å². The number of aliphatic hydroxyl groups is 1. The Bertz CT molecular complexity index is 291. The van der Waals surface area contributed by atoms with Crippen LogP contribution in [0.1, 0.15) is 5.56 Å². The van der Waals surface area contributed by atoms with E-state index in [1.54, 1.807) is 0 Å². The molecule has 0 radical (unpaired) electrons. The summed E-state index contributed by atoms with van der Waals surface area (Å²) in [6.07, 6.45) is -0.890. The van der Waals surface area contributed by atoms with Crippen LogP contribution in [0.15, 0.2) is 30.3 Å². The third kappa shape index (κ3) is 3.28. The first-order chi connectivity index (χ1) is 7.34. The molecule has 4 heteroatoms. The van der Waals surface area contributed by atoms with Gasteiger partial charge >= 0.3 is 0 Å². The molecule has 2 rings (SSSR count). The molecule has 2 atom stereocenters. The number of aliphatic hydroxyl groups excluding tert-OH is 1. The molecule has 0 spiro atoms. The van der Waals surface area contributed by atoms with Crippen LogP contribution >= 0.6 is 0 Å². The Kier molecular flexibility index (Phi) is 3.69. The zero-order chi connectivity index (χ0) is 10.5. The molecule has 1 fully saturated rings. The van der Waals surface area contributed by atoms with Crippen LogP contribution < -0.4 is 5.32 Å². The summed E-state index contributed by atoms with van der Waals surface area (Å²) >= 11 is 0. The number of ether oxygens (including phenoxy) is 2. The number of benzene rings is 1. The van der Waals surface area contributed by atoms with Crippen LogP contribution in [0.3, 0.4) is 0 Å². The van der Waals surface area contributed by atoms with E-state index in [0.717, 1.165) is 5.56 Å². The van der Waals surface area contributed by atoms with E-state index >= 15 is 0 Å². The topological polar surface area (TPSA) is 50.7 Å². The summed E-state index contributed by atoms with van der Waals surface area (Å²) in [5.41, 5.74) is 1.14. The summed E-state index contributed by atoms with van der Waals surface area (Å²) in [7, 11) is 0. The molecule has 1 aliphatic rings. The van der Waals surface area contributed by atoms with E-state index in [1.165, 1.54) is 0 Å². The van der Waals surface area contributed by atoms with Gasteiger partial charge in [-0.1, -0.05) is 30.3 Å². The van der Waals surface area contributed by atoms with Gasteiger partial charge in [0.2, 0.25) is 6.41 Å². The third-order valence-electron chi connectivity index (χ3n) is 2.26. The van der Waals surface area contributed by atoms with Crippen molar-refractivity contribution in [2.24, 2.45) is 0 Å². The Morgan fingerprint density at radius 2 is 2.20 bits per heavy atom. The minimum atomic E-state index is -0.838. The maximum Gasteiger partial charge on any atom is 0.213 e. The molecule has 1 aromatic rings. The van der Waals surface area contributed by atoms with Crippen molar-refractivity contribution in [2.75, 3.05) is 13.2 Å². The van der Waals surface area contributed by atoms with Crippen molar-refractivity contribution in [3.8, 4) is 0 Å². The van der Waals surface area contributed by atoms with Crippen molar-refractivity contribution in [1.82, 2.24) is 5.32 Å². The quantitative estimate of drug-likeness (QED) is 0.756. The van der Waals surface area contributed by atoms with E-state index in [9.17, 15) is 0 Å². The van der Waals surface area contributed by atoms with Crippen molar-refractivity contribution in [2.45, 2.75) is 19.1 Å². The predicted octanol–water partition coefficient (Wildman–Crippen LogP) is 0.467. The zero-order valence-corrected chi connectivity index (χ0v) is 8.43. The lowest BCUT2D eigenvalue weighted by molar-refractivity contribution is -0.116. The number of hydrogen-bond acceptors (Lipinski definition) is 4. The average molecular weight is 209 g/mol. The third-order valence-corrected chi connectivity index (χ3v) is 2.26. The van der Waals surface area contributed by atoms with Crippen LogP contribution in [0, 0.1) is 0 Å². The molecule has 0 aromatic heterocycles. The van der Waals surface area contributed by atoms with Gasteiger partial charge in [-0.3, -0.25) is 5.32 Å². The second-order valence-corrected chi connectivity index (χ2v) is 3.52. The summed E-state index contributed by atoms with van der Waals surface area (Å²) in [4.78, 5) is 0. The van der Waals surface area contributed by atoms with Crippen LogP contribution in [0.25, 0.3) is 0 Å². The zero-order valence-electron chi connectivity index (χ0n) is 8.43. The SMILES string of the molecule is OC1NC[C@H](COCc2ccccc2)O1. The van der Waals surface area contributed by atoms with E-state index in [0.29, 0.717) is 19.8 Å². The number of nitrogens with one attached hydrogen (secondary N) is 1. The van der Waals surface area contributed by atoms with Gasteiger partial charge in [-0.05, 0) is 5.56 Å². The Labute approximate surface area is 88.8 Å². The molecule has 0 aliphatic carbocycles. The molecule has 0 amide bonds. The van der Waals surface area contributed by atoms with E-state index in [1.807, 2.05) is 30.3 Å². The molecule has 82 valence electrons. The summed E-state index contributed by atoms with van der Waals surface area (Å²) in [6.45, 7) is 1.71. The normalized spacial score (nSPS) is 25.7. The van der Waals surface area contributed by atoms with Gasteiger partial charge in [0.1, 0.15) is 0 Å². The first-order valence-corrected chi connectivity index (χ1v) is 5.03. The molecular formula is C11H15NO3. The molecule has 4 nitrogen and oxygen atoms in total. The molecule has 15 heavy (non-hydrogen) atoms. The molecule has 1 unspecified atom stereocenters. The highest BCUT2D eigenvalue weighted by Crippen LogP contribution is 2.05. The predicted molar refractivity (Wildman–Crippen MR) is 55.0 cm³/mol. The first-order valence-electron chi connectivity index (χ1n) is 5.03. The summed E-state index contributed by atoms with van der Waals surface area (Å²) in [5.74, 6) is 0. The maximum absolute atomic E-state index is 9.03. The van der Waals surface area contributed by atoms with Crippen LogP contribution in [-0.2, 0) is 16.1 Å². The Morgan fingerprint density at radius 3 is 2.87 bits per heavy atom. The summed E-state index contributed by atoms with van der Waals surface area (Å²) < 4.78 is 10.6. The fourth-order valence-electron chi connectivity index (χ4n) is 1.49. The molecule has 1 aliphatic heterocycles. The molecule has 1 heterocycles. The minimum Gasteiger partial charge on any atom is -0.374 e. The average Bonchev–Trinajstić information content (AvgIpc) is 2.66. The second kappa shape index (κ2) is 5.23. The Morgan fingerprint density at radius 1 is 1.40 bits per heavy atom. The fraction of sp³-hybridized carbons (Fsp3) is 0.455. The maximum atomic E-state index is 9.03. The van der Waals surface area contributed by atoms with Crippen LogP contribution in [0.4, 0.5) is 0 Å². The summed E-state index contributed by atoms with van der Waals surface area (Å²) in [5, 5.41) is 11.8. The molecule has 2 N–H and O–H groups in total. The van der Waals surface area contributed by atoms with Gasteiger partial charge in [-0.25, -0.2) is 0 Å². The van der Waals surface area contributed by atoms with Crippen LogP contribution in [-0.4, -0.2) is 30.8 Å². The van der Waals surface area contributed by atoms with Crippen LogP contribution in [0.5, 0.6) is 0 Å². The lowest BCUT2D eigenvalue weighted by Crippen LogP contribution is -2.21. The Hall–Kier alpha value is -0.940. The van der Waals surface area contributed by atoms with Gasteiger partial charge in [0.15, 0.2) is 0 Å². The van der Waals surface area contributed by atoms with E-state index in [2.05, 4.69) is 5.32 Å². The molecule has 0 saturated carbocycles. The molecule has 1 aromatic carbocycles. The monoisotopic (exact) mass is 209 g/mol. The van der Waals surface area contributed by atoms with E-state index < -0.39 is 6.41 Å². The highest BCUT2D eigenvalue weighted by atomic mass is 16.6. The fourth-order valence-corrected chi connectivity index (χ4v) is 1.49. The highest BCUT2D eigenvalue weighted by molar-refractivity contribution is 5.13. The van der Waals surface area contributed by atoms with Crippen molar-refractivity contribution >= 4 is 0 Å². The largest absolute Gasteiger partial charge is 0.374 e. The van der Waals surface area contributed by atoms with E-state index in [4.69, 9.17) is 14.6 Å². The molecule has 1 saturated heterocycles. The second-order valence-electron chi connectivity index (χ2n) is 3.52. The Balaban J connectivity index is 1.67. The minimum absolute atomic E-state index is 0.0521. The molecular weight excluding hydrogens is 194 g/mol. The van der Waals surface area contributed by atoms with Gasteiger partial charge in [-0.2, -0.15) is 0 Å². The van der Waals surface area contributed by atoms with E-state index in [-0.39, 0.29) is 6.10 Å². The van der Waals surface area contributed by atoms with Gasteiger partial charge in [0, 0.05) is 6.54 Å². The van der Waals surface area contributed by atoms with Gasteiger partial charge in [0.25, 0.3) is 0 Å². The standard InChI is InChI=1S/C11H15NO3/c13-11-12-6-10(15-11)8-14-7-9-4-2-1-3-5-9/h1-5,10-13H,6-8H2/t10-,11?/m1/s1. The smallest absolute Gasteiger partial charge is 0.213 e. The highest BCUT2D eigenvalue weighted by Gasteiger charge is 2.22. The first kappa shape index (κ1) is 10.6. The van der Waals surface area contributed by atoms with Crippen molar-refractivity contribution in [1.29, 1.82) is 0 Å². The van der Waals surface area contributed by atoms with Gasteiger partial charge in [0.05, 0.1) is 19.3 Å². The number of hydrogen-bond donors (Lipinski definition) is 2. The summed E-state index contributed by atoms with van der Waals surface area (Å²) in [6, 6.07) is 9.97. The van der Waals surface area contributed by atoms with Crippen molar-refractivity contribution in [3.63, 3.8) is 0 Å². The lowest BCUT2D eigenvalue weighted by Gasteiger charge is -2.09. The van der Waals surface area contributed by atoms with Crippen LogP contribution in [0.2, 0.25) is 0 Å². The number of rotatable bonds is 4. The van der Waals surface area contributed by atoms with Gasteiger partial charge in [-0.15, -0.1) is 0 Å².